The van der Waals surface area contributed by atoms with E-state index in [-0.39, 0.29) is 6.04 Å². The van der Waals surface area contributed by atoms with E-state index >= 15 is 0 Å². The normalized spacial score (nSPS) is 15.8. The molecule has 1 aromatic heterocycles. The number of hydrogen-bond acceptors (Lipinski definition) is 6. The van der Waals surface area contributed by atoms with Gasteiger partial charge in [-0.3, -0.25) is 0 Å². The molecule has 3 rings (SSSR count). The summed E-state index contributed by atoms with van der Waals surface area (Å²) in [6.45, 7) is 3.87. The van der Waals surface area contributed by atoms with E-state index in [9.17, 15) is 0 Å². The summed E-state index contributed by atoms with van der Waals surface area (Å²) in [6, 6.07) is 12.7. The first-order valence-electron chi connectivity index (χ1n) is 8.68. The van der Waals surface area contributed by atoms with Crippen molar-refractivity contribution in [1.29, 1.82) is 0 Å². The number of methoxy groups -OCH3 is 1. The lowest BCUT2D eigenvalue weighted by molar-refractivity contribution is 0.122. The minimum Gasteiger partial charge on any atom is -0.383 e. The third kappa shape index (κ3) is 4.67. The van der Waals surface area contributed by atoms with Gasteiger partial charge in [0.1, 0.15) is 18.0 Å². The van der Waals surface area contributed by atoms with Crippen molar-refractivity contribution < 1.29 is 9.47 Å². The molecule has 0 amide bonds. The Morgan fingerprint density at radius 1 is 1.20 bits per heavy atom. The summed E-state index contributed by atoms with van der Waals surface area (Å²) in [5, 5.41) is 0. The molecule has 6 heteroatoms. The molecule has 0 N–H and O–H groups in total. The molecule has 0 unspecified atom stereocenters. The second kappa shape index (κ2) is 8.78. The second-order valence-corrected chi connectivity index (χ2v) is 6.24. The smallest absolute Gasteiger partial charge is 0.134 e. The summed E-state index contributed by atoms with van der Waals surface area (Å²) in [6.07, 6.45) is 2.55. The number of rotatable bonds is 7. The number of anilines is 2. The molecule has 1 atom stereocenters. The fourth-order valence-corrected chi connectivity index (χ4v) is 3.07. The van der Waals surface area contributed by atoms with Crippen LogP contribution in [0.5, 0.6) is 0 Å². The predicted molar refractivity (Wildman–Crippen MR) is 99.3 cm³/mol. The number of morpholine rings is 1. The average Bonchev–Trinajstić information content (AvgIpc) is 2.69. The van der Waals surface area contributed by atoms with Crippen LogP contribution in [0.4, 0.5) is 11.6 Å². The lowest BCUT2D eigenvalue weighted by Gasteiger charge is -2.31. The first-order valence-corrected chi connectivity index (χ1v) is 8.68. The van der Waals surface area contributed by atoms with Crippen molar-refractivity contribution in [2.75, 3.05) is 56.9 Å². The van der Waals surface area contributed by atoms with E-state index in [1.807, 2.05) is 6.07 Å². The van der Waals surface area contributed by atoms with E-state index < -0.39 is 0 Å². The lowest BCUT2D eigenvalue weighted by atomic mass is 10.1. The third-order valence-electron chi connectivity index (χ3n) is 4.56. The average molecular weight is 342 g/mol. The van der Waals surface area contributed by atoms with Crippen LogP contribution in [0.25, 0.3) is 0 Å². The maximum atomic E-state index is 5.45. The molecule has 2 heterocycles. The molecular formula is C19H26N4O2. The predicted octanol–water partition coefficient (Wildman–Crippen LogP) is 2.01. The first-order chi connectivity index (χ1) is 12.3. The number of likely N-dealkylation sites (N-methyl/N-ethyl adjacent to an activating group) is 1. The molecule has 1 aromatic carbocycles. The summed E-state index contributed by atoms with van der Waals surface area (Å²) < 4.78 is 10.9. The van der Waals surface area contributed by atoms with E-state index in [4.69, 9.17) is 9.47 Å². The van der Waals surface area contributed by atoms with Crippen LogP contribution in [-0.4, -0.2) is 63.1 Å². The highest BCUT2D eigenvalue weighted by Gasteiger charge is 2.19. The van der Waals surface area contributed by atoms with E-state index in [0.29, 0.717) is 6.61 Å². The Balaban J connectivity index is 1.75. The van der Waals surface area contributed by atoms with Gasteiger partial charge in [0.15, 0.2) is 0 Å². The largest absolute Gasteiger partial charge is 0.383 e. The minimum absolute atomic E-state index is 0.208. The van der Waals surface area contributed by atoms with E-state index in [2.05, 4.69) is 57.1 Å². The van der Waals surface area contributed by atoms with Gasteiger partial charge in [0.05, 0.1) is 25.9 Å². The van der Waals surface area contributed by atoms with E-state index in [1.165, 1.54) is 5.56 Å². The topological polar surface area (TPSA) is 50.7 Å². The van der Waals surface area contributed by atoms with Gasteiger partial charge in [-0.2, -0.15) is 0 Å². The van der Waals surface area contributed by atoms with E-state index in [1.54, 1.807) is 13.4 Å². The van der Waals surface area contributed by atoms with Gasteiger partial charge in [0.2, 0.25) is 0 Å². The summed E-state index contributed by atoms with van der Waals surface area (Å²) in [5.74, 6) is 1.87. The Morgan fingerprint density at radius 3 is 2.68 bits per heavy atom. The zero-order valence-electron chi connectivity index (χ0n) is 15.0. The Hall–Kier alpha value is -2.18. The Bertz CT molecular complexity index is 647. The van der Waals surface area contributed by atoms with Crippen LogP contribution in [0.1, 0.15) is 5.56 Å². The van der Waals surface area contributed by atoms with Crippen molar-refractivity contribution in [2.24, 2.45) is 0 Å². The molecule has 0 saturated carbocycles. The summed E-state index contributed by atoms with van der Waals surface area (Å²) in [4.78, 5) is 13.3. The summed E-state index contributed by atoms with van der Waals surface area (Å²) >= 11 is 0. The highest BCUT2D eigenvalue weighted by atomic mass is 16.5. The molecule has 1 saturated heterocycles. The fourth-order valence-electron chi connectivity index (χ4n) is 3.07. The van der Waals surface area contributed by atoms with Gasteiger partial charge in [0.25, 0.3) is 0 Å². The standard InChI is InChI=1S/C19H26N4O2/c1-22(17(14-24-2)12-16-6-4-3-5-7-16)18-13-19(21-15-20-18)23-8-10-25-11-9-23/h3-7,13,15,17H,8-12,14H2,1-2H3/t17-/m0/s1. The van der Waals surface area contributed by atoms with Crippen LogP contribution in [0.3, 0.4) is 0 Å². The zero-order valence-corrected chi connectivity index (χ0v) is 15.0. The quantitative estimate of drug-likeness (QED) is 0.767. The highest BCUT2D eigenvalue weighted by molar-refractivity contribution is 5.50. The van der Waals surface area contributed by atoms with Crippen LogP contribution in [0.15, 0.2) is 42.7 Å². The maximum Gasteiger partial charge on any atom is 0.134 e. The van der Waals surface area contributed by atoms with Crippen molar-refractivity contribution in [2.45, 2.75) is 12.5 Å². The molecule has 1 fully saturated rings. The van der Waals surface area contributed by atoms with Gasteiger partial charge in [-0.15, -0.1) is 0 Å². The van der Waals surface area contributed by atoms with Crippen LogP contribution in [-0.2, 0) is 15.9 Å². The molecule has 6 nitrogen and oxygen atoms in total. The number of nitrogens with zero attached hydrogens (tertiary/aromatic N) is 4. The molecule has 0 spiro atoms. The first kappa shape index (κ1) is 17.6. The van der Waals surface area contributed by atoms with Crippen molar-refractivity contribution in [1.82, 2.24) is 9.97 Å². The van der Waals surface area contributed by atoms with Gasteiger partial charge >= 0.3 is 0 Å². The van der Waals surface area contributed by atoms with Gasteiger partial charge in [-0.05, 0) is 12.0 Å². The second-order valence-electron chi connectivity index (χ2n) is 6.24. The third-order valence-corrected chi connectivity index (χ3v) is 4.56. The number of benzene rings is 1. The lowest BCUT2D eigenvalue weighted by Crippen LogP contribution is -2.39. The highest BCUT2D eigenvalue weighted by Crippen LogP contribution is 2.20. The number of hydrogen-bond donors (Lipinski definition) is 0. The molecule has 0 aliphatic carbocycles. The Kier molecular flexibility index (Phi) is 6.19. The van der Waals surface area contributed by atoms with Gasteiger partial charge < -0.3 is 19.3 Å². The van der Waals surface area contributed by atoms with Gasteiger partial charge in [-0.1, -0.05) is 30.3 Å². The van der Waals surface area contributed by atoms with E-state index in [0.717, 1.165) is 44.4 Å². The van der Waals surface area contributed by atoms with Gasteiger partial charge in [0, 0.05) is 33.3 Å². The molecule has 1 aliphatic heterocycles. The SMILES string of the molecule is COC[C@H](Cc1ccccc1)N(C)c1cc(N2CCOCC2)ncn1. The van der Waals surface area contributed by atoms with Gasteiger partial charge in [-0.25, -0.2) is 9.97 Å². The molecule has 0 radical (unpaired) electrons. The molecule has 134 valence electrons. The van der Waals surface area contributed by atoms with Crippen molar-refractivity contribution in [3.05, 3.63) is 48.3 Å². The van der Waals surface area contributed by atoms with Crippen molar-refractivity contribution in [3.63, 3.8) is 0 Å². The van der Waals surface area contributed by atoms with Crippen LogP contribution < -0.4 is 9.80 Å². The Morgan fingerprint density at radius 2 is 1.96 bits per heavy atom. The molecule has 25 heavy (non-hydrogen) atoms. The fraction of sp³-hybridized carbons (Fsp3) is 0.474. The minimum atomic E-state index is 0.208. The number of aromatic nitrogens is 2. The van der Waals surface area contributed by atoms with Crippen LogP contribution in [0.2, 0.25) is 0 Å². The monoisotopic (exact) mass is 342 g/mol. The molecule has 1 aliphatic rings. The maximum absolute atomic E-state index is 5.45. The zero-order chi connectivity index (χ0) is 17.5. The summed E-state index contributed by atoms with van der Waals surface area (Å²) in [5.41, 5.74) is 1.29. The molecule has 0 bridgehead atoms. The van der Waals surface area contributed by atoms with Crippen LogP contribution in [0, 0.1) is 0 Å². The van der Waals surface area contributed by atoms with Crippen LogP contribution >= 0.6 is 0 Å². The Labute approximate surface area is 149 Å². The number of ether oxygens (including phenoxy) is 2. The van der Waals surface area contributed by atoms with Crippen molar-refractivity contribution >= 4 is 11.6 Å². The molecular weight excluding hydrogens is 316 g/mol. The summed E-state index contributed by atoms with van der Waals surface area (Å²) in [7, 11) is 3.81. The molecule has 2 aromatic rings. The van der Waals surface area contributed by atoms with Crippen molar-refractivity contribution in [3.8, 4) is 0 Å².